The molecule has 0 aliphatic carbocycles. The molecular formula is C20H24O3S. The smallest absolute Gasteiger partial charge is 0.184 e. The highest BCUT2D eigenvalue weighted by Crippen LogP contribution is 2.39. The van der Waals surface area contributed by atoms with Gasteiger partial charge in [-0.25, -0.2) is 8.42 Å². The molecule has 0 radical (unpaired) electrons. The fourth-order valence-electron chi connectivity index (χ4n) is 2.85. The van der Waals surface area contributed by atoms with Crippen molar-refractivity contribution in [3.05, 3.63) is 78.4 Å². The Hall–Kier alpha value is -1.91. The van der Waals surface area contributed by atoms with Crippen LogP contribution in [0, 0.1) is 12.8 Å². The van der Waals surface area contributed by atoms with Gasteiger partial charge in [-0.05, 0) is 38.5 Å². The Morgan fingerprint density at radius 2 is 1.58 bits per heavy atom. The molecular weight excluding hydrogens is 320 g/mol. The van der Waals surface area contributed by atoms with E-state index in [1.54, 1.807) is 50.2 Å². The third kappa shape index (κ3) is 3.30. The first kappa shape index (κ1) is 18.4. The lowest BCUT2D eigenvalue weighted by atomic mass is 9.86. The normalized spacial score (nSPS) is 14.8. The van der Waals surface area contributed by atoms with Gasteiger partial charge in [-0.15, -0.1) is 6.58 Å². The largest absolute Gasteiger partial charge is 0.388 e. The molecule has 0 spiro atoms. The topological polar surface area (TPSA) is 54.4 Å². The molecule has 2 atom stereocenters. The number of aliphatic hydroxyl groups excluding tert-OH is 1. The van der Waals surface area contributed by atoms with E-state index >= 15 is 0 Å². The van der Waals surface area contributed by atoms with Gasteiger partial charge >= 0.3 is 0 Å². The second kappa shape index (κ2) is 6.91. The van der Waals surface area contributed by atoms with Gasteiger partial charge in [-0.2, -0.15) is 0 Å². The van der Waals surface area contributed by atoms with Crippen LogP contribution in [0.3, 0.4) is 0 Å². The van der Waals surface area contributed by atoms with Crippen LogP contribution in [0.25, 0.3) is 0 Å². The second-order valence-electron chi connectivity index (χ2n) is 6.54. The number of rotatable bonds is 6. The number of sulfone groups is 1. The average molecular weight is 344 g/mol. The summed E-state index contributed by atoms with van der Waals surface area (Å²) in [7, 11) is -3.65. The maximum Gasteiger partial charge on any atom is 0.184 e. The van der Waals surface area contributed by atoms with Gasteiger partial charge in [0.2, 0.25) is 0 Å². The molecule has 2 unspecified atom stereocenters. The van der Waals surface area contributed by atoms with E-state index in [9.17, 15) is 13.5 Å². The number of aliphatic hydroxyl groups is 1. The van der Waals surface area contributed by atoms with Gasteiger partial charge < -0.3 is 5.11 Å². The second-order valence-corrected chi connectivity index (χ2v) is 9.07. The molecule has 0 aliphatic rings. The van der Waals surface area contributed by atoms with E-state index in [0.29, 0.717) is 5.56 Å². The fourth-order valence-corrected chi connectivity index (χ4v) is 4.54. The average Bonchev–Trinajstić information content (AvgIpc) is 2.56. The molecule has 0 aliphatic heterocycles. The van der Waals surface area contributed by atoms with Crippen LogP contribution in [0.4, 0.5) is 0 Å². The van der Waals surface area contributed by atoms with Gasteiger partial charge in [0.15, 0.2) is 9.84 Å². The first-order chi connectivity index (χ1) is 11.2. The van der Waals surface area contributed by atoms with Gasteiger partial charge in [0.25, 0.3) is 0 Å². The van der Waals surface area contributed by atoms with E-state index < -0.39 is 26.6 Å². The molecule has 2 rings (SSSR count). The lowest BCUT2D eigenvalue weighted by Crippen LogP contribution is -2.42. The Morgan fingerprint density at radius 1 is 1.04 bits per heavy atom. The van der Waals surface area contributed by atoms with Crippen LogP contribution in [0.15, 0.2) is 72.1 Å². The van der Waals surface area contributed by atoms with Crippen LogP contribution in [0.5, 0.6) is 0 Å². The van der Waals surface area contributed by atoms with Crippen molar-refractivity contribution in [2.45, 2.75) is 36.5 Å². The van der Waals surface area contributed by atoms with Crippen LogP contribution in [0.2, 0.25) is 0 Å². The summed E-state index contributed by atoms with van der Waals surface area (Å²) in [6.45, 7) is 8.96. The first-order valence-corrected chi connectivity index (χ1v) is 9.37. The lowest BCUT2D eigenvalue weighted by molar-refractivity contribution is 0.114. The zero-order valence-electron chi connectivity index (χ0n) is 14.3. The summed E-state index contributed by atoms with van der Waals surface area (Å²) in [6.07, 6.45) is 0.586. The van der Waals surface area contributed by atoms with E-state index in [2.05, 4.69) is 6.58 Å². The van der Waals surface area contributed by atoms with Gasteiger partial charge in [0.1, 0.15) is 0 Å². The van der Waals surface area contributed by atoms with Crippen LogP contribution in [-0.4, -0.2) is 18.3 Å². The summed E-state index contributed by atoms with van der Waals surface area (Å²) in [4.78, 5) is 0.255. The number of hydrogen-bond donors (Lipinski definition) is 1. The summed E-state index contributed by atoms with van der Waals surface area (Å²) < 4.78 is 25.1. The van der Waals surface area contributed by atoms with Crippen molar-refractivity contribution in [2.24, 2.45) is 5.92 Å². The van der Waals surface area contributed by atoms with Crippen molar-refractivity contribution in [3.63, 3.8) is 0 Å². The van der Waals surface area contributed by atoms with Crippen LogP contribution < -0.4 is 0 Å². The Kier molecular flexibility index (Phi) is 5.31. The summed E-state index contributed by atoms with van der Waals surface area (Å²) in [6, 6.07) is 15.8. The van der Waals surface area contributed by atoms with Crippen molar-refractivity contribution in [3.8, 4) is 0 Å². The highest BCUT2D eigenvalue weighted by Gasteiger charge is 2.44. The lowest BCUT2D eigenvalue weighted by Gasteiger charge is -2.35. The molecule has 0 bridgehead atoms. The molecule has 0 amide bonds. The highest BCUT2D eigenvalue weighted by molar-refractivity contribution is 7.92. The molecule has 2 aromatic rings. The van der Waals surface area contributed by atoms with Crippen molar-refractivity contribution in [1.29, 1.82) is 0 Å². The molecule has 0 fully saturated rings. The van der Waals surface area contributed by atoms with E-state index in [-0.39, 0.29) is 4.90 Å². The molecule has 3 nitrogen and oxygen atoms in total. The van der Waals surface area contributed by atoms with Crippen molar-refractivity contribution >= 4 is 9.84 Å². The summed E-state index contributed by atoms with van der Waals surface area (Å²) in [5.41, 5.74) is 1.67. The van der Waals surface area contributed by atoms with Crippen LogP contribution in [0.1, 0.15) is 31.1 Å². The van der Waals surface area contributed by atoms with E-state index in [1.165, 1.54) is 6.08 Å². The van der Waals surface area contributed by atoms with Crippen molar-refractivity contribution in [2.75, 3.05) is 0 Å². The third-order valence-corrected chi connectivity index (χ3v) is 7.11. The predicted molar refractivity (Wildman–Crippen MR) is 97.5 cm³/mol. The summed E-state index contributed by atoms with van der Waals surface area (Å²) in [5, 5.41) is 10.7. The monoisotopic (exact) mass is 344 g/mol. The SMILES string of the molecule is C=CC(C(O)c1ccccc1)C(C)(C)S(=O)(=O)c1ccc(C)cc1. The highest BCUT2D eigenvalue weighted by atomic mass is 32.2. The maximum absolute atomic E-state index is 13.1. The third-order valence-electron chi connectivity index (χ3n) is 4.56. The van der Waals surface area contributed by atoms with Gasteiger partial charge in [0, 0.05) is 5.92 Å². The Morgan fingerprint density at radius 3 is 2.08 bits per heavy atom. The molecule has 24 heavy (non-hydrogen) atoms. The van der Waals surface area contributed by atoms with Crippen LogP contribution in [-0.2, 0) is 9.84 Å². The van der Waals surface area contributed by atoms with Gasteiger partial charge in [-0.1, -0.05) is 54.1 Å². The van der Waals surface area contributed by atoms with E-state index in [0.717, 1.165) is 5.56 Å². The number of benzene rings is 2. The molecule has 4 heteroatoms. The zero-order valence-corrected chi connectivity index (χ0v) is 15.1. The minimum absolute atomic E-state index is 0.255. The quantitative estimate of drug-likeness (QED) is 0.803. The summed E-state index contributed by atoms with van der Waals surface area (Å²) in [5.74, 6) is -0.647. The molecule has 128 valence electrons. The minimum atomic E-state index is -3.65. The molecule has 1 N–H and O–H groups in total. The molecule has 0 aromatic heterocycles. The van der Waals surface area contributed by atoms with Crippen molar-refractivity contribution in [1.82, 2.24) is 0 Å². The molecule has 0 heterocycles. The van der Waals surface area contributed by atoms with E-state index in [4.69, 9.17) is 0 Å². The maximum atomic E-state index is 13.1. The minimum Gasteiger partial charge on any atom is -0.388 e. The van der Waals surface area contributed by atoms with Crippen molar-refractivity contribution < 1.29 is 13.5 Å². The first-order valence-electron chi connectivity index (χ1n) is 7.88. The van der Waals surface area contributed by atoms with Crippen LogP contribution >= 0.6 is 0 Å². The van der Waals surface area contributed by atoms with Gasteiger partial charge in [-0.3, -0.25) is 0 Å². The predicted octanol–water partition coefficient (Wildman–Crippen LogP) is 4.08. The number of hydrogen-bond acceptors (Lipinski definition) is 3. The molecule has 0 saturated carbocycles. The Labute approximate surface area is 144 Å². The Balaban J connectivity index is 2.45. The molecule has 2 aromatic carbocycles. The standard InChI is InChI=1S/C20H24O3S/c1-5-18(19(21)16-9-7-6-8-10-16)20(3,4)24(22,23)17-13-11-15(2)12-14-17/h5-14,18-19,21H,1H2,2-4H3. The Bertz CT molecular complexity index is 791. The molecule has 0 saturated heterocycles. The van der Waals surface area contributed by atoms with E-state index in [1.807, 2.05) is 25.1 Å². The zero-order chi connectivity index (χ0) is 18.0. The number of aryl methyl sites for hydroxylation is 1. The fraction of sp³-hybridized carbons (Fsp3) is 0.300. The van der Waals surface area contributed by atoms with Gasteiger partial charge in [0.05, 0.1) is 15.7 Å². The summed E-state index contributed by atoms with van der Waals surface area (Å²) >= 11 is 0.